The highest BCUT2D eigenvalue weighted by molar-refractivity contribution is 8.00. The van der Waals surface area contributed by atoms with E-state index >= 15 is 0 Å². The molecule has 0 aliphatic carbocycles. The van der Waals surface area contributed by atoms with Crippen molar-refractivity contribution in [3.63, 3.8) is 0 Å². The molecule has 0 fully saturated rings. The molecule has 27 heavy (non-hydrogen) atoms. The van der Waals surface area contributed by atoms with Gasteiger partial charge in [-0.05, 0) is 24.3 Å². The molecule has 0 aliphatic heterocycles. The molecule has 0 N–H and O–H groups in total. The van der Waals surface area contributed by atoms with E-state index in [1.807, 2.05) is 97.1 Å². The third-order valence-corrected chi connectivity index (χ3v) is 8.77. The second-order valence-electron chi connectivity index (χ2n) is 6.16. The van der Waals surface area contributed by atoms with Crippen molar-refractivity contribution in [2.75, 3.05) is 0 Å². The van der Waals surface area contributed by atoms with E-state index in [0.29, 0.717) is 0 Å². The molecule has 0 aliphatic rings. The predicted molar refractivity (Wildman–Crippen MR) is 116 cm³/mol. The Bertz CT molecular complexity index is 1020. The monoisotopic (exact) mass is 386 g/mol. The van der Waals surface area contributed by atoms with Crippen LogP contribution in [0.15, 0.2) is 125 Å². The van der Waals surface area contributed by atoms with E-state index in [-0.39, 0.29) is 0 Å². The van der Waals surface area contributed by atoms with Gasteiger partial charge in [0, 0.05) is 25.7 Å². The fourth-order valence-corrected chi connectivity index (χ4v) is 7.23. The van der Waals surface area contributed by atoms with Crippen molar-refractivity contribution < 1.29 is 4.57 Å². The average molecular weight is 386 g/mol. The molecule has 0 atom stereocenters. The molecule has 0 saturated heterocycles. The maximum atomic E-state index is 14.6. The molecule has 0 amide bonds. The summed E-state index contributed by atoms with van der Waals surface area (Å²) in [6, 6.07) is 37.9. The lowest BCUT2D eigenvalue weighted by atomic mass is 10.3. The summed E-state index contributed by atoms with van der Waals surface area (Å²) in [4.78, 5) is 2.16. The molecule has 132 valence electrons. The second-order valence-corrected chi connectivity index (χ2v) is 10.0. The lowest BCUT2D eigenvalue weighted by Crippen LogP contribution is -2.26. The van der Waals surface area contributed by atoms with Crippen molar-refractivity contribution in [1.29, 1.82) is 0 Å². The van der Waals surface area contributed by atoms with Crippen LogP contribution in [0.5, 0.6) is 0 Å². The summed E-state index contributed by atoms with van der Waals surface area (Å²) in [6.45, 7) is 0. The molecule has 4 aromatic rings. The van der Waals surface area contributed by atoms with Gasteiger partial charge in [-0.25, -0.2) is 0 Å². The van der Waals surface area contributed by atoms with Gasteiger partial charge in [-0.15, -0.1) is 0 Å². The first-order valence-electron chi connectivity index (χ1n) is 8.82. The molecule has 4 aromatic carbocycles. The van der Waals surface area contributed by atoms with Crippen LogP contribution in [0.2, 0.25) is 0 Å². The minimum Gasteiger partial charge on any atom is -0.309 e. The SMILES string of the molecule is O=P(c1ccccc1)(c1ccccc1)c1ccccc1Sc1ccccc1. The Morgan fingerprint density at radius 3 is 1.52 bits per heavy atom. The summed E-state index contributed by atoms with van der Waals surface area (Å²) >= 11 is 1.66. The van der Waals surface area contributed by atoms with E-state index in [9.17, 15) is 4.57 Å². The topological polar surface area (TPSA) is 17.1 Å². The maximum absolute atomic E-state index is 14.6. The summed E-state index contributed by atoms with van der Waals surface area (Å²) in [5.41, 5.74) is 0. The van der Waals surface area contributed by atoms with Crippen molar-refractivity contribution in [1.82, 2.24) is 0 Å². The summed E-state index contributed by atoms with van der Waals surface area (Å²) in [5, 5.41) is 2.60. The van der Waals surface area contributed by atoms with E-state index < -0.39 is 7.14 Å². The Labute approximate surface area is 164 Å². The first-order chi connectivity index (χ1) is 13.3. The highest BCUT2D eigenvalue weighted by Crippen LogP contribution is 2.45. The fraction of sp³-hybridized carbons (Fsp3) is 0. The fourth-order valence-electron chi connectivity index (χ4n) is 3.12. The second kappa shape index (κ2) is 8.00. The molecular weight excluding hydrogens is 367 g/mol. The van der Waals surface area contributed by atoms with Crippen LogP contribution in [0.1, 0.15) is 0 Å². The number of hydrogen-bond acceptors (Lipinski definition) is 2. The third kappa shape index (κ3) is 3.64. The molecular formula is C24H19OPS. The quantitative estimate of drug-likeness (QED) is 0.423. The van der Waals surface area contributed by atoms with Crippen LogP contribution in [0.3, 0.4) is 0 Å². The van der Waals surface area contributed by atoms with Crippen LogP contribution in [0, 0.1) is 0 Å². The Morgan fingerprint density at radius 2 is 0.963 bits per heavy atom. The summed E-state index contributed by atoms with van der Waals surface area (Å²) in [7, 11) is -2.97. The molecule has 0 unspecified atom stereocenters. The van der Waals surface area contributed by atoms with Crippen molar-refractivity contribution in [2.24, 2.45) is 0 Å². The minimum absolute atomic E-state index is 0.859. The van der Waals surface area contributed by atoms with Crippen LogP contribution in [-0.2, 0) is 4.57 Å². The minimum atomic E-state index is -2.97. The van der Waals surface area contributed by atoms with Crippen molar-refractivity contribution in [2.45, 2.75) is 9.79 Å². The van der Waals surface area contributed by atoms with Gasteiger partial charge in [-0.1, -0.05) is 103 Å². The van der Waals surface area contributed by atoms with Crippen LogP contribution in [0.4, 0.5) is 0 Å². The van der Waals surface area contributed by atoms with E-state index in [4.69, 9.17) is 0 Å². The van der Waals surface area contributed by atoms with Crippen molar-refractivity contribution in [3.05, 3.63) is 115 Å². The molecule has 1 nitrogen and oxygen atoms in total. The highest BCUT2D eigenvalue weighted by Gasteiger charge is 2.31. The molecule has 3 heteroatoms. The Morgan fingerprint density at radius 1 is 0.519 bits per heavy atom. The van der Waals surface area contributed by atoms with Gasteiger partial charge in [0.05, 0.1) is 0 Å². The predicted octanol–water partition coefficient (Wildman–Crippen LogP) is 5.48. The normalized spacial score (nSPS) is 11.3. The number of benzene rings is 4. The zero-order valence-electron chi connectivity index (χ0n) is 14.7. The molecule has 0 spiro atoms. The van der Waals surface area contributed by atoms with Gasteiger partial charge in [0.25, 0.3) is 0 Å². The largest absolute Gasteiger partial charge is 0.309 e. The standard InChI is InChI=1S/C24H19OPS/c25-26(20-12-4-1-5-13-20,21-14-6-2-7-15-21)23-18-10-11-19-24(23)27-22-16-8-3-9-17-22/h1-19H. The highest BCUT2D eigenvalue weighted by atomic mass is 32.2. The molecule has 0 heterocycles. The first-order valence-corrected chi connectivity index (χ1v) is 11.3. The summed E-state index contributed by atoms with van der Waals surface area (Å²) < 4.78 is 14.6. The lowest BCUT2D eigenvalue weighted by Gasteiger charge is -2.22. The van der Waals surface area contributed by atoms with Crippen molar-refractivity contribution in [3.8, 4) is 0 Å². The van der Waals surface area contributed by atoms with Crippen LogP contribution in [-0.4, -0.2) is 0 Å². The zero-order valence-corrected chi connectivity index (χ0v) is 16.4. The average Bonchev–Trinajstić information content (AvgIpc) is 2.75. The van der Waals surface area contributed by atoms with E-state index in [1.165, 1.54) is 0 Å². The van der Waals surface area contributed by atoms with Gasteiger partial charge in [0.2, 0.25) is 0 Å². The van der Waals surface area contributed by atoms with E-state index in [2.05, 4.69) is 18.2 Å². The molecule has 0 radical (unpaired) electrons. The van der Waals surface area contributed by atoms with Crippen LogP contribution >= 0.6 is 18.9 Å². The lowest BCUT2D eigenvalue weighted by molar-refractivity contribution is 0.592. The molecule has 0 aromatic heterocycles. The molecule has 0 saturated carbocycles. The molecule has 0 bridgehead atoms. The Hall–Kier alpha value is -2.54. The van der Waals surface area contributed by atoms with E-state index in [1.54, 1.807) is 11.8 Å². The van der Waals surface area contributed by atoms with Crippen LogP contribution in [0.25, 0.3) is 0 Å². The number of hydrogen-bond donors (Lipinski definition) is 0. The van der Waals surface area contributed by atoms with Gasteiger partial charge in [0.15, 0.2) is 7.14 Å². The smallest absolute Gasteiger partial charge is 0.172 e. The third-order valence-electron chi connectivity index (χ3n) is 4.42. The van der Waals surface area contributed by atoms with Crippen LogP contribution < -0.4 is 15.9 Å². The van der Waals surface area contributed by atoms with Gasteiger partial charge >= 0.3 is 0 Å². The van der Waals surface area contributed by atoms with Crippen molar-refractivity contribution >= 4 is 34.8 Å². The summed E-state index contributed by atoms with van der Waals surface area (Å²) in [6.07, 6.45) is 0. The van der Waals surface area contributed by atoms with Gasteiger partial charge in [-0.3, -0.25) is 0 Å². The molecule has 4 rings (SSSR count). The first kappa shape index (κ1) is 17.9. The maximum Gasteiger partial charge on any atom is 0.172 e. The van der Waals surface area contributed by atoms with Gasteiger partial charge in [-0.2, -0.15) is 0 Å². The zero-order chi connectivity index (χ0) is 18.5. The van der Waals surface area contributed by atoms with Gasteiger partial charge in [0.1, 0.15) is 0 Å². The van der Waals surface area contributed by atoms with Gasteiger partial charge < -0.3 is 4.57 Å². The Kier molecular flexibility index (Phi) is 5.29. The Balaban J connectivity index is 1.91. The number of rotatable bonds is 5. The van der Waals surface area contributed by atoms with E-state index in [0.717, 1.165) is 25.7 Å². The summed E-state index contributed by atoms with van der Waals surface area (Å²) in [5.74, 6) is 0.